The fourth-order valence-corrected chi connectivity index (χ4v) is 2.97. The van der Waals surface area contributed by atoms with Crippen molar-refractivity contribution in [1.82, 2.24) is 4.90 Å². The SMILES string of the molecule is CN(C)C1=C2C(=Cc3cc([N+](=O)[O-])cc([N+](=O)[O-])c32)C(=O)C([N+](=O)[O-])=C1. The molecule has 11 nitrogen and oxygen atoms in total. The minimum atomic E-state index is -0.899. The monoisotopic (exact) mass is 358 g/mol. The molecular formula is C15H10N4O7. The normalized spacial score (nSPS) is 15.1. The van der Waals surface area contributed by atoms with E-state index in [1.54, 1.807) is 14.1 Å². The molecule has 0 N–H and O–H groups in total. The Hall–Kier alpha value is -3.89. The van der Waals surface area contributed by atoms with Crippen LogP contribution in [-0.4, -0.2) is 39.5 Å². The van der Waals surface area contributed by atoms with Crippen LogP contribution in [0.4, 0.5) is 11.4 Å². The average Bonchev–Trinajstić information content (AvgIpc) is 2.93. The summed E-state index contributed by atoms with van der Waals surface area (Å²) in [6.07, 6.45) is 2.27. The van der Waals surface area contributed by atoms with Crippen molar-refractivity contribution in [3.8, 4) is 0 Å². The molecule has 1 aromatic carbocycles. The summed E-state index contributed by atoms with van der Waals surface area (Å²) in [4.78, 5) is 45.2. The first-order chi connectivity index (χ1) is 12.1. The largest absolute Gasteiger partial charge is 0.377 e. The molecular weight excluding hydrogens is 348 g/mol. The fourth-order valence-electron chi connectivity index (χ4n) is 2.97. The minimum absolute atomic E-state index is 0.0336. The first-order valence-corrected chi connectivity index (χ1v) is 7.15. The maximum absolute atomic E-state index is 12.5. The second-order valence-corrected chi connectivity index (χ2v) is 5.77. The van der Waals surface area contributed by atoms with E-state index in [2.05, 4.69) is 0 Å². The number of nitro benzene ring substituents is 2. The van der Waals surface area contributed by atoms with Crippen molar-refractivity contribution in [2.75, 3.05) is 14.1 Å². The van der Waals surface area contributed by atoms with Crippen molar-refractivity contribution in [2.24, 2.45) is 0 Å². The molecule has 0 fully saturated rings. The smallest absolute Gasteiger partial charge is 0.319 e. The van der Waals surface area contributed by atoms with Gasteiger partial charge in [-0.25, -0.2) is 0 Å². The Morgan fingerprint density at radius 2 is 1.58 bits per heavy atom. The van der Waals surface area contributed by atoms with Crippen LogP contribution >= 0.6 is 0 Å². The van der Waals surface area contributed by atoms with Crippen molar-refractivity contribution in [3.63, 3.8) is 0 Å². The number of nitro groups is 3. The molecule has 0 saturated carbocycles. The molecule has 0 bridgehead atoms. The van der Waals surface area contributed by atoms with Gasteiger partial charge in [-0.3, -0.25) is 35.1 Å². The number of non-ortho nitro benzene ring substituents is 1. The summed E-state index contributed by atoms with van der Waals surface area (Å²) in [5, 5.41) is 33.7. The topological polar surface area (TPSA) is 150 Å². The number of rotatable bonds is 4. The summed E-state index contributed by atoms with van der Waals surface area (Å²) in [5.74, 6) is -0.899. The van der Waals surface area contributed by atoms with Crippen LogP contribution in [0.15, 0.2) is 35.2 Å². The Morgan fingerprint density at radius 3 is 2.08 bits per heavy atom. The first-order valence-electron chi connectivity index (χ1n) is 7.15. The number of carbonyl (C=O) groups is 1. The molecule has 0 saturated heterocycles. The van der Waals surface area contributed by atoms with E-state index in [0.717, 1.165) is 18.2 Å². The van der Waals surface area contributed by atoms with Crippen molar-refractivity contribution in [3.05, 3.63) is 76.6 Å². The third kappa shape index (κ3) is 2.33. The van der Waals surface area contributed by atoms with E-state index in [4.69, 9.17) is 0 Å². The highest BCUT2D eigenvalue weighted by Crippen LogP contribution is 2.47. The summed E-state index contributed by atoms with van der Waals surface area (Å²) in [7, 11) is 3.14. The van der Waals surface area contributed by atoms with Crippen LogP contribution in [-0.2, 0) is 4.79 Å². The summed E-state index contributed by atoms with van der Waals surface area (Å²) >= 11 is 0. The predicted molar refractivity (Wildman–Crippen MR) is 88.4 cm³/mol. The molecule has 0 amide bonds. The van der Waals surface area contributed by atoms with Crippen molar-refractivity contribution in [2.45, 2.75) is 0 Å². The Morgan fingerprint density at radius 1 is 0.923 bits per heavy atom. The Kier molecular flexibility index (Phi) is 3.64. The quantitative estimate of drug-likeness (QED) is 0.585. The molecule has 26 heavy (non-hydrogen) atoms. The maximum atomic E-state index is 12.5. The van der Waals surface area contributed by atoms with Gasteiger partial charge in [0.15, 0.2) is 0 Å². The van der Waals surface area contributed by atoms with Gasteiger partial charge in [-0.2, -0.15) is 0 Å². The van der Waals surface area contributed by atoms with E-state index in [0.29, 0.717) is 0 Å². The van der Waals surface area contributed by atoms with E-state index < -0.39 is 37.6 Å². The number of ketones is 1. The number of allylic oxidation sites excluding steroid dienone is 3. The lowest BCUT2D eigenvalue weighted by molar-refractivity contribution is -0.418. The molecule has 0 heterocycles. The van der Waals surface area contributed by atoms with Gasteiger partial charge >= 0.3 is 5.70 Å². The summed E-state index contributed by atoms with van der Waals surface area (Å²) in [6, 6.07) is 1.92. The number of hydrogen-bond acceptors (Lipinski definition) is 8. The molecule has 2 aliphatic carbocycles. The fraction of sp³-hybridized carbons (Fsp3) is 0.133. The zero-order chi connectivity index (χ0) is 19.3. The number of carbonyl (C=O) groups excluding carboxylic acids is 1. The van der Waals surface area contributed by atoms with Crippen molar-refractivity contribution < 1.29 is 19.6 Å². The Labute approximate surface area is 145 Å². The number of hydrogen-bond donors (Lipinski definition) is 0. The lowest BCUT2D eigenvalue weighted by Gasteiger charge is -2.21. The third-order valence-electron chi connectivity index (χ3n) is 4.04. The standard InChI is InChI=1S/C15H10N4O7/c1-16(2)10-6-12(19(25)26)15(20)9-4-7-3-8(17(21)22)5-11(18(23)24)13(7)14(9)10/h3-6H,1-2H3. The molecule has 0 atom stereocenters. The highest BCUT2D eigenvalue weighted by Gasteiger charge is 2.42. The van der Waals surface area contributed by atoms with Gasteiger partial charge in [0.1, 0.15) is 0 Å². The van der Waals surface area contributed by atoms with E-state index in [-0.39, 0.29) is 28.0 Å². The maximum Gasteiger partial charge on any atom is 0.319 e. The summed E-state index contributed by atoms with van der Waals surface area (Å²) in [5.41, 5.74) is -1.29. The highest BCUT2D eigenvalue weighted by molar-refractivity contribution is 6.26. The van der Waals surface area contributed by atoms with E-state index in [9.17, 15) is 35.1 Å². The molecule has 1 aromatic rings. The molecule has 0 spiro atoms. The number of nitrogens with zero attached hydrogens (tertiary/aromatic N) is 4. The molecule has 11 heteroatoms. The van der Waals surface area contributed by atoms with E-state index in [1.807, 2.05) is 0 Å². The Bertz CT molecular complexity index is 1020. The van der Waals surface area contributed by atoms with Crippen LogP contribution in [0, 0.1) is 30.3 Å². The van der Waals surface area contributed by atoms with Crippen LogP contribution in [0.1, 0.15) is 11.1 Å². The zero-order valence-corrected chi connectivity index (χ0v) is 13.5. The second kappa shape index (κ2) is 5.58. The number of likely N-dealkylation sites (N-methyl/N-ethyl adjacent to an activating group) is 1. The zero-order valence-electron chi connectivity index (χ0n) is 13.5. The van der Waals surface area contributed by atoms with Gasteiger partial charge in [-0.05, 0) is 11.6 Å². The lowest BCUT2D eigenvalue weighted by atomic mass is 9.90. The van der Waals surface area contributed by atoms with Crippen LogP contribution < -0.4 is 0 Å². The van der Waals surface area contributed by atoms with Gasteiger partial charge in [0.05, 0.1) is 32.1 Å². The molecule has 0 radical (unpaired) electrons. The third-order valence-corrected chi connectivity index (χ3v) is 4.04. The molecule has 0 unspecified atom stereocenters. The van der Waals surface area contributed by atoms with Gasteiger partial charge in [0, 0.05) is 37.4 Å². The van der Waals surface area contributed by atoms with Crippen LogP contribution in [0.5, 0.6) is 0 Å². The molecule has 3 rings (SSSR count). The minimum Gasteiger partial charge on any atom is -0.377 e. The van der Waals surface area contributed by atoms with Crippen molar-refractivity contribution in [1.29, 1.82) is 0 Å². The van der Waals surface area contributed by atoms with Crippen LogP contribution in [0.25, 0.3) is 11.6 Å². The summed E-state index contributed by atoms with van der Waals surface area (Å²) in [6.45, 7) is 0. The van der Waals surface area contributed by atoms with Gasteiger partial charge in [-0.15, -0.1) is 0 Å². The number of fused-ring (bicyclic) bond motifs is 3. The summed E-state index contributed by atoms with van der Waals surface area (Å²) < 4.78 is 0. The molecule has 0 aromatic heterocycles. The van der Waals surface area contributed by atoms with Crippen molar-refractivity contribution >= 4 is 28.8 Å². The first kappa shape index (κ1) is 17.0. The van der Waals surface area contributed by atoms with Crippen LogP contribution in [0.3, 0.4) is 0 Å². The molecule has 2 aliphatic rings. The van der Waals surface area contributed by atoms with Gasteiger partial charge in [-0.1, -0.05) is 0 Å². The average molecular weight is 358 g/mol. The predicted octanol–water partition coefficient (Wildman–Crippen LogP) is 1.92. The molecule has 132 valence electrons. The van der Waals surface area contributed by atoms with Gasteiger partial charge in [0.25, 0.3) is 17.2 Å². The number of Topliss-reactive ketones (excluding diaryl/α,β-unsaturated/α-hetero) is 1. The number of benzene rings is 1. The van der Waals surface area contributed by atoms with E-state index >= 15 is 0 Å². The van der Waals surface area contributed by atoms with E-state index in [1.165, 1.54) is 11.0 Å². The lowest BCUT2D eigenvalue weighted by Crippen LogP contribution is -2.23. The second-order valence-electron chi connectivity index (χ2n) is 5.77. The van der Waals surface area contributed by atoms with Gasteiger partial charge in [0.2, 0.25) is 0 Å². The van der Waals surface area contributed by atoms with Crippen LogP contribution in [0.2, 0.25) is 0 Å². The Balaban J connectivity index is 2.41. The highest BCUT2D eigenvalue weighted by atomic mass is 16.6. The van der Waals surface area contributed by atoms with Gasteiger partial charge < -0.3 is 4.90 Å². The molecule has 0 aliphatic heterocycles.